The fraction of sp³-hybridized carbons (Fsp3) is 0.0357. The summed E-state index contributed by atoms with van der Waals surface area (Å²) < 4.78 is 9.86. The molecule has 15 heteroatoms. The molecule has 71 heavy (non-hydrogen) atoms. The van der Waals surface area contributed by atoms with E-state index >= 15 is 0 Å². The average Bonchev–Trinajstić information content (AvgIpc) is 3.85. The van der Waals surface area contributed by atoms with E-state index in [4.69, 9.17) is 8.75 Å². The Balaban J connectivity index is 1.06. The van der Waals surface area contributed by atoms with E-state index in [2.05, 4.69) is 21.3 Å². The minimum absolute atomic E-state index is 0.278. The molecule has 12 aromatic rings. The van der Waals surface area contributed by atoms with Crippen LogP contribution in [0.3, 0.4) is 0 Å². The number of nitrogens with zero attached hydrogens (tertiary/aromatic N) is 2. The fourth-order valence-corrected chi connectivity index (χ4v) is 13.3. The normalized spacial score (nSPS) is 15.3. The number of hydrogen-bond acceptors (Lipinski definition) is 11. The van der Waals surface area contributed by atoms with Crippen molar-refractivity contribution in [2.24, 2.45) is 0 Å². The fourth-order valence-electron chi connectivity index (χ4n) is 12.8. The van der Waals surface area contributed by atoms with Crippen LogP contribution in [0.25, 0.3) is 119 Å². The summed E-state index contributed by atoms with van der Waals surface area (Å²) in [6, 6.07) is 25.1. The van der Waals surface area contributed by atoms with Crippen LogP contribution in [0.2, 0.25) is 0 Å². The maximum atomic E-state index is 14.1. The molecule has 332 valence electrons. The summed E-state index contributed by atoms with van der Waals surface area (Å²) in [4.78, 5) is 109. The van der Waals surface area contributed by atoms with E-state index in [0.29, 0.717) is 131 Å². The van der Waals surface area contributed by atoms with Crippen molar-refractivity contribution in [3.63, 3.8) is 0 Å². The summed E-state index contributed by atoms with van der Waals surface area (Å²) in [6.07, 6.45) is 0. The maximum Gasteiger partial charge on any atom is 0.258 e. The van der Waals surface area contributed by atoms with E-state index in [0.717, 1.165) is 44.4 Å². The van der Waals surface area contributed by atoms with Gasteiger partial charge < -0.3 is 0 Å². The van der Waals surface area contributed by atoms with Gasteiger partial charge in [-0.05, 0) is 149 Å². The minimum atomic E-state index is -0.572. The summed E-state index contributed by atoms with van der Waals surface area (Å²) in [5, 5.41) is 20.5. The van der Waals surface area contributed by atoms with E-state index in [1.807, 2.05) is 50.2 Å². The lowest BCUT2D eigenvalue weighted by molar-refractivity contribution is 0.0828. The summed E-state index contributed by atoms with van der Waals surface area (Å²) in [5.74, 6) is -4.25. The van der Waals surface area contributed by atoms with E-state index in [9.17, 15) is 38.4 Å². The van der Waals surface area contributed by atoms with E-state index in [-0.39, 0.29) is 11.1 Å². The third-order valence-corrected chi connectivity index (χ3v) is 16.0. The lowest BCUT2D eigenvalue weighted by atomic mass is 9.78. The Bertz CT molecular complexity index is 4590. The first kappa shape index (κ1) is 38.4. The second-order valence-electron chi connectivity index (χ2n) is 18.8. The second-order valence-corrected chi connectivity index (χ2v) is 19.4. The highest BCUT2D eigenvalue weighted by molar-refractivity contribution is 7.00. The number of imide groups is 4. The lowest BCUT2D eigenvalue weighted by Gasteiger charge is -2.26. The average molecular weight is 941 g/mol. The van der Waals surface area contributed by atoms with Gasteiger partial charge >= 0.3 is 0 Å². The van der Waals surface area contributed by atoms with Crippen LogP contribution in [0.15, 0.2) is 84.9 Å². The maximum absolute atomic E-state index is 14.1. The molecule has 16 rings (SSSR count). The molecule has 0 atom stereocenters. The Hall–Kier alpha value is -9.60. The molecule has 14 nitrogen and oxygen atoms in total. The molecule has 8 amide bonds. The Kier molecular flexibility index (Phi) is 6.67. The number of nitrogens with one attached hydrogen (secondary N) is 4. The largest absolute Gasteiger partial charge is 0.288 e. The molecule has 0 saturated heterocycles. The van der Waals surface area contributed by atoms with Crippen LogP contribution in [0.1, 0.15) is 94.0 Å². The van der Waals surface area contributed by atoms with Crippen molar-refractivity contribution >= 4 is 156 Å². The smallest absolute Gasteiger partial charge is 0.258 e. The molecular weight excluding hydrogens is 917 g/mol. The monoisotopic (exact) mass is 940 g/mol. The highest BCUT2D eigenvalue weighted by Crippen LogP contribution is 2.53. The van der Waals surface area contributed by atoms with Gasteiger partial charge in [0.2, 0.25) is 0 Å². The first-order valence-corrected chi connectivity index (χ1v) is 23.3. The van der Waals surface area contributed by atoms with Gasteiger partial charge in [0.1, 0.15) is 11.0 Å². The first-order valence-electron chi connectivity index (χ1n) is 22.6. The van der Waals surface area contributed by atoms with Crippen LogP contribution in [0, 0.1) is 13.8 Å². The third kappa shape index (κ3) is 4.36. The number of amides is 8. The van der Waals surface area contributed by atoms with Crippen molar-refractivity contribution in [1.29, 1.82) is 0 Å². The van der Waals surface area contributed by atoms with E-state index in [1.54, 1.807) is 48.5 Å². The zero-order valence-corrected chi connectivity index (χ0v) is 37.5. The van der Waals surface area contributed by atoms with E-state index < -0.39 is 47.3 Å². The van der Waals surface area contributed by atoms with Crippen LogP contribution in [0.4, 0.5) is 0 Å². The molecule has 0 radical (unpaired) electrons. The summed E-state index contributed by atoms with van der Waals surface area (Å²) in [6.45, 7) is 3.80. The van der Waals surface area contributed by atoms with Gasteiger partial charge in [0, 0.05) is 77.2 Å². The number of aromatic nitrogens is 2. The Morgan fingerprint density at radius 3 is 0.887 bits per heavy atom. The highest BCUT2D eigenvalue weighted by atomic mass is 32.1. The van der Waals surface area contributed by atoms with Crippen LogP contribution in [0.5, 0.6) is 0 Å². The van der Waals surface area contributed by atoms with Crippen molar-refractivity contribution in [1.82, 2.24) is 30.0 Å². The Morgan fingerprint density at radius 1 is 0.282 bits per heavy atom. The molecule has 0 fully saturated rings. The SMILES string of the molecule is Cc1cc2c3c(ccc4c5c(-c6ccc(-c7cc8c9c(ccc%10c%11c(C)cc%12c%13c(ccc(c7c9%10)c%13%11)C(=O)NC%12=O)C(=O)NC8=O)c7nsnc67)cc6c7c(ccc(c1c34)c75)C(=O)NC6=O)C(=O)NC2=O. The quantitative estimate of drug-likeness (QED) is 0.0733. The molecule has 4 aliphatic rings. The predicted molar refractivity (Wildman–Crippen MR) is 267 cm³/mol. The van der Waals surface area contributed by atoms with Crippen molar-refractivity contribution < 1.29 is 38.4 Å². The van der Waals surface area contributed by atoms with Crippen molar-refractivity contribution in [2.75, 3.05) is 0 Å². The molecule has 11 aromatic carbocycles. The van der Waals surface area contributed by atoms with Crippen molar-refractivity contribution in [2.45, 2.75) is 13.8 Å². The molecule has 5 heterocycles. The number of carbonyl (C=O) groups is 8. The number of fused-ring (bicyclic) bond motifs is 5. The lowest BCUT2D eigenvalue weighted by Crippen LogP contribution is -2.35. The highest BCUT2D eigenvalue weighted by Gasteiger charge is 2.36. The Labute approximate surface area is 399 Å². The molecule has 0 unspecified atom stereocenters. The second kappa shape index (κ2) is 12.3. The summed E-state index contributed by atoms with van der Waals surface area (Å²) in [7, 11) is 0. The van der Waals surface area contributed by atoms with E-state index in [1.165, 1.54) is 0 Å². The molecule has 4 aliphatic heterocycles. The molecule has 4 N–H and O–H groups in total. The topological polar surface area (TPSA) is 210 Å². The van der Waals surface area contributed by atoms with Crippen molar-refractivity contribution in [3.05, 3.63) is 141 Å². The summed E-state index contributed by atoms with van der Waals surface area (Å²) in [5.41, 5.74) is 7.43. The first-order chi connectivity index (χ1) is 34.4. The van der Waals surface area contributed by atoms with Gasteiger partial charge in [-0.25, -0.2) is 0 Å². The number of rotatable bonds is 2. The minimum Gasteiger partial charge on any atom is -0.288 e. The van der Waals surface area contributed by atoms with Gasteiger partial charge in [-0.15, -0.1) is 0 Å². The van der Waals surface area contributed by atoms with Crippen molar-refractivity contribution in [3.8, 4) is 22.3 Å². The van der Waals surface area contributed by atoms with Crippen LogP contribution in [-0.4, -0.2) is 56.0 Å². The van der Waals surface area contributed by atoms with Gasteiger partial charge in [-0.1, -0.05) is 36.4 Å². The summed E-state index contributed by atoms with van der Waals surface area (Å²) >= 11 is 0.976. The van der Waals surface area contributed by atoms with Crippen LogP contribution < -0.4 is 21.3 Å². The Morgan fingerprint density at radius 2 is 0.549 bits per heavy atom. The molecule has 0 bridgehead atoms. The number of carbonyl (C=O) groups excluding carboxylic acids is 8. The van der Waals surface area contributed by atoms with Crippen LogP contribution >= 0.6 is 11.7 Å². The number of aryl methyl sites for hydroxylation is 2. The number of benzene rings is 11. The van der Waals surface area contributed by atoms with Gasteiger partial charge in [-0.3, -0.25) is 59.6 Å². The zero-order chi connectivity index (χ0) is 47.9. The standard InChI is InChI=1S/C56H24N6O8S/c1-17-13-31-39-25(49(63)57-53(31)67)11-7-23-37-29(15-33-41-27(51(65)59-55(33)69)9-5-21(45(37)41)35(17)43(23)39)19-3-4-20(48-47(19)61-71-62-48)30-16-34-42-28(52(66)60-56(34)70)10-6-22-36-18(2)14-32-40-26(50(64)58-54(32)68)12-8-24(44(36)40)38(30)46(22)42/h3-16H,1-2H3,(H,57,63,67)(H,58,64,68)(H,59,65,69)(H,60,66,70). The third-order valence-electron chi connectivity index (χ3n) is 15.5. The molecule has 1 aromatic heterocycles. The zero-order valence-electron chi connectivity index (χ0n) is 36.7. The number of hydrogen-bond donors (Lipinski definition) is 4. The predicted octanol–water partition coefficient (Wildman–Crippen LogP) is 9.28. The van der Waals surface area contributed by atoms with Gasteiger partial charge in [0.15, 0.2) is 0 Å². The molecule has 0 aliphatic carbocycles. The van der Waals surface area contributed by atoms with Gasteiger partial charge in [-0.2, -0.15) is 8.75 Å². The molecular formula is C56H24N6O8S. The van der Waals surface area contributed by atoms with Gasteiger partial charge in [0.25, 0.3) is 47.3 Å². The molecule has 0 spiro atoms. The van der Waals surface area contributed by atoms with Gasteiger partial charge in [0.05, 0.1) is 11.7 Å². The molecule has 0 saturated carbocycles. The van der Waals surface area contributed by atoms with Crippen LogP contribution in [-0.2, 0) is 0 Å².